The lowest BCUT2D eigenvalue weighted by molar-refractivity contribution is 0.601. The standard InChI is InChI=1S/C16H18N4/c1-3-20-15(8-9-18-20)16(17)13-10-11(2)19-14-7-5-4-6-12(13)14/h4-10,16H,3,17H2,1-2H3. The Hall–Kier alpha value is -2.20. The zero-order valence-electron chi connectivity index (χ0n) is 11.7. The van der Waals surface area contributed by atoms with Crippen molar-refractivity contribution >= 4 is 10.9 Å². The van der Waals surface area contributed by atoms with Crippen LogP contribution in [0, 0.1) is 6.92 Å². The van der Waals surface area contributed by atoms with Crippen LogP contribution in [0.15, 0.2) is 42.6 Å². The summed E-state index contributed by atoms with van der Waals surface area (Å²) in [6.07, 6.45) is 1.80. The minimum absolute atomic E-state index is 0.191. The summed E-state index contributed by atoms with van der Waals surface area (Å²) in [5, 5.41) is 5.41. The van der Waals surface area contributed by atoms with Crippen molar-refractivity contribution < 1.29 is 0 Å². The van der Waals surface area contributed by atoms with Crippen molar-refractivity contribution in [1.29, 1.82) is 0 Å². The topological polar surface area (TPSA) is 56.7 Å². The molecule has 0 saturated carbocycles. The van der Waals surface area contributed by atoms with Gasteiger partial charge in [0.15, 0.2) is 0 Å². The van der Waals surface area contributed by atoms with E-state index in [0.717, 1.165) is 34.4 Å². The number of pyridine rings is 1. The lowest BCUT2D eigenvalue weighted by Gasteiger charge is -2.16. The van der Waals surface area contributed by atoms with Gasteiger partial charge in [0, 0.05) is 23.8 Å². The van der Waals surface area contributed by atoms with Gasteiger partial charge < -0.3 is 5.73 Å². The van der Waals surface area contributed by atoms with E-state index in [-0.39, 0.29) is 6.04 Å². The molecule has 102 valence electrons. The number of aryl methyl sites for hydroxylation is 2. The molecule has 3 aromatic rings. The van der Waals surface area contributed by atoms with Crippen LogP contribution >= 0.6 is 0 Å². The van der Waals surface area contributed by atoms with Crippen LogP contribution < -0.4 is 5.73 Å². The van der Waals surface area contributed by atoms with Gasteiger partial charge >= 0.3 is 0 Å². The van der Waals surface area contributed by atoms with Gasteiger partial charge in [0.25, 0.3) is 0 Å². The summed E-state index contributed by atoms with van der Waals surface area (Å²) in [7, 11) is 0. The molecule has 0 bridgehead atoms. The maximum Gasteiger partial charge on any atom is 0.0730 e. The average molecular weight is 266 g/mol. The molecule has 3 rings (SSSR count). The lowest BCUT2D eigenvalue weighted by atomic mass is 9.99. The zero-order chi connectivity index (χ0) is 14.1. The van der Waals surface area contributed by atoms with Crippen molar-refractivity contribution in [3.63, 3.8) is 0 Å². The first-order valence-corrected chi connectivity index (χ1v) is 6.84. The molecule has 0 fully saturated rings. The zero-order valence-corrected chi connectivity index (χ0v) is 11.7. The number of nitrogens with two attached hydrogens (primary N) is 1. The predicted octanol–water partition coefficient (Wildman–Crippen LogP) is 2.81. The summed E-state index contributed by atoms with van der Waals surface area (Å²) >= 11 is 0. The van der Waals surface area contributed by atoms with Gasteiger partial charge in [-0.15, -0.1) is 0 Å². The highest BCUT2D eigenvalue weighted by Gasteiger charge is 2.16. The van der Waals surface area contributed by atoms with Gasteiger partial charge in [0.2, 0.25) is 0 Å². The van der Waals surface area contributed by atoms with Crippen LogP contribution in [0.25, 0.3) is 10.9 Å². The molecule has 4 nitrogen and oxygen atoms in total. The first-order valence-electron chi connectivity index (χ1n) is 6.84. The molecule has 2 heterocycles. The fourth-order valence-electron chi connectivity index (χ4n) is 2.63. The molecule has 0 aliphatic rings. The molecule has 0 radical (unpaired) electrons. The van der Waals surface area contributed by atoms with Crippen molar-refractivity contribution in [2.24, 2.45) is 5.73 Å². The highest BCUT2D eigenvalue weighted by molar-refractivity contribution is 5.83. The number of hydrogen-bond donors (Lipinski definition) is 1. The number of nitrogens with zero attached hydrogens (tertiary/aromatic N) is 3. The molecule has 2 aromatic heterocycles. The van der Waals surface area contributed by atoms with Gasteiger partial charge in [-0.1, -0.05) is 18.2 Å². The van der Waals surface area contributed by atoms with Gasteiger partial charge in [-0.05, 0) is 37.6 Å². The summed E-state index contributed by atoms with van der Waals surface area (Å²) in [5.41, 5.74) is 10.6. The molecule has 0 spiro atoms. The fourth-order valence-corrected chi connectivity index (χ4v) is 2.63. The van der Waals surface area contributed by atoms with Crippen LogP contribution in [0.2, 0.25) is 0 Å². The highest BCUT2D eigenvalue weighted by Crippen LogP contribution is 2.27. The first kappa shape index (κ1) is 12.8. The molecule has 4 heteroatoms. The molecular weight excluding hydrogens is 248 g/mol. The number of rotatable bonds is 3. The maximum atomic E-state index is 6.48. The van der Waals surface area contributed by atoms with Gasteiger partial charge in [-0.3, -0.25) is 9.67 Å². The van der Waals surface area contributed by atoms with Crippen molar-refractivity contribution in [3.05, 3.63) is 59.5 Å². The number of fused-ring (bicyclic) bond motifs is 1. The fraction of sp³-hybridized carbons (Fsp3) is 0.250. The number of hydrogen-bond acceptors (Lipinski definition) is 3. The van der Waals surface area contributed by atoms with Crippen molar-refractivity contribution in [2.45, 2.75) is 26.4 Å². The Morgan fingerprint density at radius 1 is 1.25 bits per heavy atom. The van der Waals surface area contributed by atoms with E-state index in [2.05, 4.69) is 29.1 Å². The van der Waals surface area contributed by atoms with Gasteiger partial charge in [0.05, 0.1) is 17.3 Å². The van der Waals surface area contributed by atoms with E-state index in [1.807, 2.05) is 35.9 Å². The molecule has 0 aliphatic heterocycles. The summed E-state index contributed by atoms with van der Waals surface area (Å²) in [5.74, 6) is 0. The molecule has 0 saturated heterocycles. The predicted molar refractivity (Wildman–Crippen MR) is 80.4 cm³/mol. The molecule has 1 aromatic carbocycles. The van der Waals surface area contributed by atoms with E-state index in [1.165, 1.54) is 0 Å². The second-order valence-corrected chi connectivity index (χ2v) is 4.92. The summed E-state index contributed by atoms with van der Waals surface area (Å²) in [6, 6.07) is 12.0. The van der Waals surface area contributed by atoms with Crippen molar-refractivity contribution in [1.82, 2.24) is 14.8 Å². The minimum Gasteiger partial charge on any atom is -0.319 e. The van der Waals surface area contributed by atoms with Gasteiger partial charge in [-0.25, -0.2) is 0 Å². The Morgan fingerprint density at radius 2 is 2.05 bits per heavy atom. The third-order valence-corrected chi connectivity index (χ3v) is 3.58. The Kier molecular flexibility index (Phi) is 3.24. The highest BCUT2D eigenvalue weighted by atomic mass is 15.3. The summed E-state index contributed by atoms with van der Waals surface area (Å²) in [4.78, 5) is 4.56. The van der Waals surface area contributed by atoms with Crippen LogP contribution in [-0.2, 0) is 6.54 Å². The molecule has 1 unspecified atom stereocenters. The monoisotopic (exact) mass is 266 g/mol. The largest absolute Gasteiger partial charge is 0.319 e. The van der Waals surface area contributed by atoms with Crippen LogP contribution in [0.4, 0.5) is 0 Å². The number of benzene rings is 1. The molecule has 20 heavy (non-hydrogen) atoms. The number of aromatic nitrogens is 3. The van der Waals surface area contributed by atoms with Gasteiger partial charge in [-0.2, -0.15) is 5.10 Å². The van der Waals surface area contributed by atoms with Crippen molar-refractivity contribution in [2.75, 3.05) is 0 Å². The SMILES string of the molecule is CCn1nccc1C(N)c1cc(C)nc2ccccc12. The smallest absolute Gasteiger partial charge is 0.0730 e. The second kappa shape index (κ2) is 5.06. The average Bonchev–Trinajstić information content (AvgIpc) is 2.94. The molecule has 1 atom stereocenters. The Morgan fingerprint density at radius 3 is 2.85 bits per heavy atom. The third-order valence-electron chi connectivity index (χ3n) is 3.58. The van der Waals surface area contributed by atoms with E-state index in [9.17, 15) is 0 Å². The van der Waals surface area contributed by atoms with E-state index in [4.69, 9.17) is 5.73 Å². The molecule has 2 N–H and O–H groups in total. The summed E-state index contributed by atoms with van der Waals surface area (Å²) < 4.78 is 1.94. The van der Waals surface area contributed by atoms with Crippen LogP contribution in [-0.4, -0.2) is 14.8 Å². The summed E-state index contributed by atoms with van der Waals surface area (Å²) in [6.45, 7) is 4.89. The second-order valence-electron chi connectivity index (χ2n) is 4.92. The van der Waals surface area contributed by atoms with Crippen LogP contribution in [0.3, 0.4) is 0 Å². The van der Waals surface area contributed by atoms with E-state index >= 15 is 0 Å². The molecular formula is C16H18N4. The van der Waals surface area contributed by atoms with Gasteiger partial charge in [0.1, 0.15) is 0 Å². The van der Waals surface area contributed by atoms with E-state index in [1.54, 1.807) is 6.20 Å². The quantitative estimate of drug-likeness (QED) is 0.793. The first-order chi connectivity index (χ1) is 9.70. The van der Waals surface area contributed by atoms with Crippen molar-refractivity contribution in [3.8, 4) is 0 Å². The Labute approximate surface area is 118 Å². The molecule has 0 amide bonds. The third kappa shape index (κ3) is 2.08. The molecule has 0 aliphatic carbocycles. The van der Waals surface area contributed by atoms with Crippen LogP contribution in [0.1, 0.15) is 29.9 Å². The Balaban J connectivity index is 2.18. The number of para-hydroxylation sites is 1. The minimum atomic E-state index is -0.191. The van der Waals surface area contributed by atoms with E-state index < -0.39 is 0 Å². The Bertz CT molecular complexity index is 745. The normalized spacial score (nSPS) is 12.8. The van der Waals surface area contributed by atoms with E-state index in [0.29, 0.717) is 0 Å². The lowest BCUT2D eigenvalue weighted by Crippen LogP contribution is -2.18. The van der Waals surface area contributed by atoms with Crippen LogP contribution in [0.5, 0.6) is 0 Å². The maximum absolute atomic E-state index is 6.48.